The molecule has 2 rings (SSSR count). The maximum Gasteiger partial charge on any atom is 0.416 e. The van der Waals surface area contributed by atoms with Crippen molar-refractivity contribution in [3.05, 3.63) is 59.4 Å². The van der Waals surface area contributed by atoms with E-state index in [9.17, 15) is 22.4 Å². The van der Waals surface area contributed by atoms with Crippen LogP contribution in [0.5, 0.6) is 5.75 Å². The molecule has 0 bridgehead atoms. The van der Waals surface area contributed by atoms with Gasteiger partial charge in [0.25, 0.3) is 5.91 Å². The van der Waals surface area contributed by atoms with Crippen LogP contribution >= 0.6 is 0 Å². The predicted octanol–water partition coefficient (Wildman–Crippen LogP) is 2.51. The molecule has 2 aromatic rings. The lowest BCUT2D eigenvalue weighted by atomic mass is 10.2. The monoisotopic (exact) mass is 371 g/mol. The summed E-state index contributed by atoms with van der Waals surface area (Å²) in [5, 5.41) is 2.45. The Kier molecular flexibility index (Phi) is 6.20. The minimum Gasteiger partial charge on any atom is -0.494 e. The zero-order valence-corrected chi connectivity index (χ0v) is 14.3. The summed E-state index contributed by atoms with van der Waals surface area (Å²) in [4.78, 5) is 12.8. The molecule has 0 fully saturated rings. The number of halogens is 4. The van der Waals surface area contributed by atoms with Gasteiger partial charge < -0.3 is 15.0 Å². The highest BCUT2D eigenvalue weighted by molar-refractivity contribution is 5.91. The zero-order chi connectivity index (χ0) is 19.3. The molecule has 1 unspecified atom stereocenters. The first-order valence-electron chi connectivity index (χ1n) is 7.80. The van der Waals surface area contributed by atoms with Gasteiger partial charge in [0.1, 0.15) is 6.54 Å². The number of quaternary nitrogens is 1. The first-order chi connectivity index (χ1) is 12.2. The number of alkyl halides is 3. The number of methoxy groups -OCH3 is 1. The molecule has 0 radical (unpaired) electrons. The standard InChI is InChI=1S/C18H18F4N2O2/c1-24(10-12-6-7-16(26-2)15(19)8-12)11-17(25)23-14-5-3-4-13(9-14)18(20,21)22/h3-9H,10-11H2,1-2H3,(H,23,25)/p+1. The van der Waals surface area contributed by atoms with Gasteiger partial charge >= 0.3 is 6.18 Å². The molecular formula is C18H19F4N2O2+. The molecule has 0 heterocycles. The highest BCUT2D eigenvalue weighted by Gasteiger charge is 2.30. The van der Waals surface area contributed by atoms with Gasteiger partial charge in [-0.3, -0.25) is 4.79 Å². The molecular weight excluding hydrogens is 352 g/mol. The van der Waals surface area contributed by atoms with E-state index in [-0.39, 0.29) is 18.0 Å². The fourth-order valence-corrected chi connectivity index (χ4v) is 2.48. The summed E-state index contributed by atoms with van der Waals surface area (Å²) in [5.74, 6) is -0.796. The van der Waals surface area contributed by atoms with Crippen molar-refractivity contribution in [2.45, 2.75) is 12.7 Å². The SMILES string of the molecule is COc1ccc(C[NH+](C)CC(=O)Nc2cccc(C(F)(F)F)c2)cc1F. The van der Waals surface area contributed by atoms with E-state index in [2.05, 4.69) is 5.32 Å². The topological polar surface area (TPSA) is 42.8 Å². The molecule has 0 aliphatic carbocycles. The number of amides is 1. The number of carbonyl (C=O) groups is 1. The van der Waals surface area contributed by atoms with Crippen LogP contribution in [0.4, 0.5) is 23.2 Å². The molecule has 0 saturated heterocycles. The Bertz CT molecular complexity index is 778. The Labute approximate surface area is 148 Å². The fourth-order valence-electron chi connectivity index (χ4n) is 2.48. The summed E-state index contributed by atoms with van der Waals surface area (Å²) in [6.07, 6.45) is -4.47. The number of anilines is 1. The van der Waals surface area contributed by atoms with Crippen molar-refractivity contribution in [3.63, 3.8) is 0 Å². The number of nitrogens with one attached hydrogen (secondary N) is 2. The van der Waals surface area contributed by atoms with Gasteiger partial charge in [0.15, 0.2) is 18.1 Å². The third-order valence-electron chi connectivity index (χ3n) is 3.66. The summed E-state index contributed by atoms with van der Waals surface area (Å²) >= 11 is 0. The van der Waals surface area contributed by atoms with Gasteiger partial charge in [0, 0.05) is 11.3 Å². The minimum atomic E-state index is -4.47. The Morgan fingerprint density at radius 1 is 1.19 bits per heavy atom. The van der Waals surface area contributed by atoms with Crippen LogP contribution in [0.1, 0.15) is 11.1 Å². The van der Waals surface area contributed by atoms with E-state index in [1.165, 1.54) is 31.4 Å². The molecule has 140 valence electrons. The Morgan fingerprint density at radius 3 is 2.54 bits per heavy atom. The number of carbonyl (C=O) groups excluding carboxylic acids is 1. The van der Waals surface area contributed by atoms with Gasteiger partial charge in [0.05, 0.1) is 19.7 Å². The molecule has 0 aromatic heterocycles. The van der Waals surface area contributed by atoms with Crippen LogP contribution in [0.25, 0.3) is 0 Å². The third kappa shape index (κ3) is 5.45. The van der Waals surface area contributed by atoms with Crippen molar-refractivity contribution >= 4 is 11.6 Å². The molecule has 0 aliphatic rings. The van der Waals surface area contributed by atoms with Crippen molar-refractivity contribution < 1.29 is 32.0 Å². The molecule has 0 saturated carbocycles. The second-order valence-electron chi connectivity index (χ2n) is 5.91. The van der Waals surface area contributed by atoms with Gasteiger partial charge in [-0.15, -0.1) is 0 Å². The highest BCUT2D eigenvalue weighted by Crippen LogP contribution is 2.30. The first kappa shape index (κ1) is 19.7. The predicted molar refractivity (Wildman–Crippen MR) is 88.5 cm³/mol. The molecule has 1 atom stereocenters. The third-order valence-corrected chi connectivity index (χ3v) is 3.66. The second kappa shape index (κ2) is 8.18. The molecule has 2 aromatic carbocycles. The van der Waals surface area contributed by atoms with Gasteiger partial charge in [-0.2, -0.15) is 13.2 Å². The van der Waals surface area contributed by atoms with Gasteiger partial charge in [-0.25, -0.2) is 4.39 Å². The maximum absolute atomic E-state index is 13.7. The van der Waals surface area contributed by atoms with Crippen molar-refractivity contribution in [1.82, 2.24) is 0 Å². The number of rotatable bonds is 6. The van der Waals surface area contributed by atoms with Crippen LogP contribution in [0, 0.1) is 5.82 Å². The minimum absolute atomic E-state index is 0.0178. The summed E-state index contributed by atoms with van der Waals surface area (Å²) in [7, 11) is 3.10. The lowest BCUT2D eigenvalue weighted by Crippen LogP contribution is -3.08. The average molecular weight is 371 g/mol. The molecule has 0 aliphatic heterocycles. The summed E-state index contributed by atoms with van der Waals surface area (Å²) in [6.45, 7) is 0.390. The molecule has 1 amide bonds. The summed E-state index contributed by atoms with van der Waals surface area (Å²) in [6, 6.07) is 8.96. The summed E-state index contributed by atoms with van der Waals surface area (Å²) in [5.41, 5.74) is -0.0782. The van der Waals surface area contributed by atoms with Gasteiger partial charge in [-0.05, 0) is 36.4 Å². The van der Waals surface area contributed by atoms with E-state index in [0.29, 0.717) is 12.1 Å². The maximum atomic E-state index is 13.7. The zero-order valence-electron chi connectivity index (χ0n) is 14.3. The van der Waals surface area contributed by atoms with E-state index in [4.69, 9.17) is 4.74 Å². The molecule has 8 heteroatoms. The largest absolute Gasteiger partial charge is 0.494 e. The summed E-state index contributed by atoms with van der Waals surface area (Å²) < 4.78 is 56.6. The van der Waals surface area contributed by atoms with E-state index in [1.807, 2.05) is 0 Å². The van der Waals surface area contributed by atoms with Crippen LogP contribution < -0.4 is 15.0 Å². The van der Waals surface area contributed by atoms with Crippen molar-refractivity contribution in [2.24, 2.45) is 0 Å². The van der Waals surface area contributed by atoms with Crippen molar-refractivity contribution in [2.75, 3.05) is 26.0 Å². The number of hydrogen-bond acceptors (Lipinski definition) is 2. The number of likely N-dealkylation sites (N-methyl/N-ethyl adjacent to an activating group) is 1. The molecule has 4 nitrogen and oxygen atoms in total. The number of hydrogen-bond donors (Lipinski definition) is 2. The lowest BCUT2D eigenvalue weighted by Gasteiger charge is -2.15. The smallest absolute Gasteiger partial charge is 0.416 e. The number of benzene rings is 2. The van der Waals surface area contributed by atoms with Crippen LogP contribution in [0.3, 0.4) is 0 Å². The van der Waals surface area contributed by atoms with Crippen LogP contribution in [0.2, 0.25) is 0 Å². The molecule has 26 heavy (non-hydrogen) atoms. The highest BCUT2D eigenvalue weighted by atomic mass is 19.4. The van der Waals surface area contributed by atoms with Crippen LogP contribution in [-0.2, 0) is 17.5 Å². The Hall–Kier alpha value is -2.61. The molecule has 2 N–H and O–H groups in total. The van der Waals surface area contributed by atoms with Gasteiger partial charge in [-0.1, -0.05) is 6.07 Å². The first-order valence-corrected chi connectivity index (χ1v) is 7.80. The van der Waals surface area contributed by atoms with Crippen LogP contribution in [-0.4, -0.2) is 26.6 Å². The second-order valence-corrected chi connectivity index (χ2v) is 5.91. The van der Waals surface area contributed by atoms with Crippen LogP contribution in [0.15, 0.2) is 42.5 Å². The fraction of sp³-hybridized carbons (Fsp3) is 0.278. The normalized spacial score (nSPS) is 12.5. The van der Waals surface area contributed by atoms with E-state index >= 15 is 0 Å². The Balaban J connectivity index is 1.94. The van der Waals surface area contributed by atoms with Crippen molar-refractivity contribution in [3.8, 4) is 5.75 Å². The van der Waals surface area contributed by atoms with E-state index < -0.39 is 23.5 Å². The van der Waals surface area contributed by atoms with Crippen molar-refractivity contribution in [1.29, 1.82) is 0 Å². The lowest BCUT2D eigenvalue weighted by molar-refractivity contribution is -0.885. The average Bonchev–Trinajstić information content (AvgIpc) is 2.54. The van der Waals surface area contributed by atoms with E-state index in [0.717, 1.165) is 17.0 Å². The van der Waals surface area contributed by atoms with Gasteiger partial charge in [0.2, 0.25) is 0 Å². The number of ether oxygens (including phenoxy) is 1. The molecule has 0 spiro atoms. The Morgan fingerprint density at radius 2 is 1.92 bits per heavy atom. The quantitative estimate of drug-likeness (QED) is 0.767. The van der Waals surface area contributed by atoms with E-state index in [1.54, 1.807) is 13.1 Å².